The van der Waals surface area contributed by atoms with Crippen LogP contribution in [0.3, 0.4) is 0 Å². The second kappa shape index (κ2) is 7.17. The largest absolute Gasteiger partial charge is 0.480 e. The molecule has 1 aliphatic heterocycles. The van der Waals surface area contributed by atoms with Crippen LogP contribution in [0.15, 0.2) is 0 Å². The summed E-state index contributed by atoms with van der Waals surface area (Å²) in [6.45, 7) is 1.24. The summed E-state index contributed by atoms with van der Waals surface area (Å²) in [7, 11) is 1.65. The van der Waals surface area contributed by atoms with Gasteiger partial charge < -0.3 is 25.2 Å². The number of likely N-dealkylation sites (tertiary alicyclic amines) is 1. The Hall–Kier alpha value is -1.34. The van der Waals surface area contributed by atoms with Gasteiger partial charge in [-0.1, -0.05) is 0 Å². The van der Waals surface area contributed by atoms with Gasteiger partial charge in [0, 0.05) is 26.8 Å². The number of carboxylic acid groups (broad SMARTS) is 1. The average molecular weight is 260 g/mol. The second-order valence-corrected chi connectivity index (χ2v) is 4.41. The lowest BCUT2D eigenvalue weighted by molar-refractivity contribution is -0.140. The van der Waals surface area contributed by atoms with E-state index in [1.807, 2.05) is 0 Å². The lowest BCUT2D eigenvalue weighted by Gasteiger charge is -2.32. The van der Waals surface area contributed by atoms with Crippen molar-refractivity contribution in [2.45, 2.75) is 18.9 Å². The summed E-state index contributed by atoms with van der Waals surface area (Å²) in [5.74, 6) is -0.785. The van der Waals surface area contributed by atoms with E-state index in [1.54, 1.807) is 12.0 Å². The van der Waals surface area contributed by atoms with E-state index in [1.165, 1.54) is 0 Å². The van der Waals surface area contributed by atoms with Gasteiger partial charge in [-0.05, 0) is 18.8 Å². The molecule has 0 bridgehead atoms. The SMILES string of the molecule is COCC1CCN(C(=O)N[C@@H](CO)C(=O)O)CC1. The molecule has 0 unspecified atom stereocenters. The number of ether oxygens (including phenoxy) is 1. The summed E-state index contributed by atoms with van der Waals surface area (Å²) in [5, 5.41) is 19.8. The molecule has 0 aromatic carbocycles. The molecule has 0 spiro atoms. The highest BCUT2D eigenvalue weighted by atomic mass is 16.5. The van der Waals surface area contributed by atoms with E-state index in [9.17, 15) is 9.59 Å². The van der Waals surface area contributed by atoms with Crippen LogP contribution in [0.4, 0.5) is 4.79 Å². The van der Waals surface area contributed by atoms with Crippen LogP contribution in [-0.2, 0) is 9.53 Å². The Morgan fingerprint density at radius 2 is 2.06 bits per heavy atom. The molecule has 0 aliphatic carbocycles. The molecular formula is C11H20N2O5. The van der Waals surface area contributed by atoms with Gasteiger partial charge in [-0.2, -0.15) is 0 Å². The predicted molar refractivity (Wildman–Crippen MR) is 63.2 cm³/mol. The number of rotatable bonds is 5. The minimum atomic E-state index is -1.24. The Bertz CT molecular complexity index is 289. The number of urea groups is 1. The zero-order valence-electron chi connectivity index (χ0n) is 10.5. The summed E-state index contributed by atoms with van der Waals surface area (Å²) in [4.78, 5) is 24.0. The van der Waals surface area contributed by atoms with E-state index in [-0.39, 0.29) is 0 Å². The van der Waals surface area contributed by atoms with Gasteiger partial charge in [-0.3, -0.25) is 0 Å². The summed E-state index contributed by atoms with van der Waals surface area (Å²) < 4.78 is 5.06. The van der Waals surface area contributed by atoms with Crippen LogP contribution >= 0.6 is 0 Å². The van der Waals surface area contributed by atoms with Crippen molar-refractivity contribution < 1.29 is 24.5 Å². The number of carboxylic acids is 1. The molecule has 0 aromatic heterocycles. The van der Waals surface area contributed by atoms with Crippen molar-refractivity contribution >= 4 is 12.0 Å². The third-order valence-corrected chi connectivity index (χ3v) is 3.08. The summed E-state index contributed by atoms with van der Waals surface area (Å²) >= 11 is 0. The molecule has 1 atom stereocenters. The first-order valence-corrected chi connectivity index (χ1v) is 5.96. The summed E-state index contributed by atoms with van der Waals surface area (Å²) in [6.07, 6.45) is 1.69. The number of hydrogen-bond acceptors (Lipinski definition) is 4. The van der Waals surface area contributed by atoms with Crippen molar-refractivity contribution in [1.29, 1.82) is 0 Å². The number of piperidine rings is 1. The van der Waals surface area contributed by atoms with Crippen LogP contribution in [-0.4, -0.2) is 66.6 Å². The zero-order valence-corrected chi connectivity index (χ0v) is 10.5. The van der Waals surface area contributed by atoms with Crippen LogP contribution < -0.4 is 5.32 Å². The Labute approximate surface area is 106 Å². The monoisotopic (exact) mass is 260 g/mol. The number of carbonyl (C=O) groups is 2. The number of nitrogens with zero attached hydrogens (tertiary/aromatic N) is 1. The first kappa shape index (κ1) is 14.7. The summed E-state index contributed by atoms with van der Waals surface area (Å²) in [6, 6.07) is -1.68. The first-order chi connectivity index (χ1) is 8.58. The number of nitrogens with one attached hydrogen (secondary N) is 1. The van der Waals surface area contributed by atoms with Gasteiger partial charge in [-0.15, -0.1) is 0 Å². The molecule has 7 nitrogen and oxygen atoms in total. The molecule has 3 N–H and O–H groups in total. The quantitative estimate of drug-likeness (QED) is 0.619. The molecular weight excluding hydrogens is 240 g/mol. The van der Waals surface area contributed by atoms with Gasteiger partial charge in [0.25, 0.3) is 0 Å². The van der Waals surface area contributed by atoms with E-state index in [2.05, 4.69) is 5.32 Å². The van der Waals surface area contributed by atoms with Crippen molar-refractivity contribution in [3.05, 3.63) is 0 Å². The fourth-order valence-electron chi connectivity index (χ4n) is 1.96. The molecule has 1 saturated heterocycles. The van der Waals surface area contributed by atoms with Crippen LogP contribution in [0.25, 0.3) is 0 Å². The topological polar surface area (TPSA) is 99.1 Å². The highest BCUT2D eigenvalue weighted by Gasteiger charge is 2.26. The smallest absolute Gasteiger partial charge is 0.328 e. The number of hydrogen-bond donors (Lipinski definition) is 3. The van der Waals surface area contributed by atoms with E-state index in [0.29, 0.717) is 25.6 Å². The highest BCUT2D eigenvalue weighted by molar-refractivity contribution is 5.82. The van der Waals surface area contributed by atoms with Gasteiger partial charge in [0.05, 0.1) is 6.61 Å². The zero-order chi connectivity index (χ0) is 13.5. The lowest BCUT2D eigenvalue weighted by Crippen LogP contribution is -2.51. The fourth-order valence-corrected chi connectivity index (χ4v) is 1.96. The van der Waals surface area contributed by atoms with Gasteiger partial charge in [-0.25, -0.2) is 9.59 Å². The maximum atomic E-state index is 11.7. The van der Waals surface area contributed by atoms with Gasteiger partial charge in [0.15, 0.2) is 6.04 Å². The molecule has 18 heavy (non-hydrogen) atoms. The molecule has 0 aromatic rings. The van der Waals surface area contributed by atoms with Crippen molar-refractivity contribution in [3.63, 3.8) is 0 Å². The molecule has 1 aliphatic rings. The van der Waals surface area contributed by atoms with Gasteiger partial charge >= 0.3 is 12.0 Å². The second-order valence-electron chi connectivity index (χ2n) is 4.41. The van der Waals surface area contributed by atoms with E-state index >= 15 is 0 Å². The predicted octanol–water partition coefficient (Wildman–Crippen LogP) is -0.500. The van der Waals surface area contributed by atoms with Crippen LogP contribution in [0, 0.1) is 5.92 Å². The minimum absolute atomic E-state index is 0.438. The maximum Gasteiger partial charge on any atom is 0.328 e. The average Bonchev–Trinajstić information content (AvgIpc) is 2.36. The summed E-state index contributed by atoms with van der Waals surface area (Å²) in [5.41, 5.74) is 0. The third kappa shape index (κ3) is 4.15. The molecule has 0 saturated carbocycles. The molecule has 2 amide bonds. The number of amides is 2. The van der Waals surface area contributed by atoms with E-state index in [4.69, 9.17) is 14.9 Å². The number of aliphatic hydroxyl groups excluding tert-OH is 1. The van der Waals surface area contributed by atoms with Crippen LogP contribution in [0.1, 0.15) is 12.8 Å². The molecule has 1 fully saturated rings. The molecule has 1 heterocycles. The number of methoxy groups -OCH3 is 1. The lowest BCUT2D eigenvalue weighted by atomic mass is 9.98. The van der Waals surface area contributed by atoms with Gasteiger partial charge in [0.2, 0.25) is 0 Å². The van der Waals surface area contributed by atoms with Crippen LogP contribution in [0.2, 0.25) is 0 Å². The fraction of sp³-hybridized carbons (Fsp3) is 0.818. The first-order valence-electron chi connectivity index (χ1n) is 5.96. The molecule has 7 heteroatoms. The Morgan fingerprint density at radius 1 is 1.44 bits per heavy atom. The van der Waals surface area contributed by atoms with E-state index in [0.717, 1.165) is 12.8 Å². The third-order valence-electron chi connectivity index (χ3n) is 3.08. The Morgan fingerprint density at radius 3 is 2.50 bits per heavy atom. The number of carbonyl (C=O) groups excluding carboxylic acids is 1. The van der Waals surface area contributed by atoms with Crippen molar-refractivity contribution in [2.75, 3.05) is 33.4 Å². The minimum Gasteiger partial charge on any atom is -0.480 e. The molecule has 104 valence electrons. The van der Waals surface area contributed by atoms with Crippen molar-refractivity contribution in [3.8, 4) is 0 Å². The van der Waals surface area contributed by atoms with Crippen molar-refractivity contribution in [2.24, 2.45) is 5.92 Å². The van der Waals surface area contributed by atoms with Gasteiger partial charge in [0.1, 0.15) is 0 Å². The van der Waals surface area contributed by atoms with Crippen molar-refractivity contribution in [1.82, 2.24) is 10.2 Å². The Balaban J connectivity index is 2.38. The van der Waals surface area contributed by atoms with E-state index < -0.39 is 24.6 Å². The normalized spacial score (nSPS) is 18.4. The standard InChI is InChI=1S/C11H20N2O5/c1-18-7-8-2-4-13(5-3-8)11(17)12-9(6-14)10(15)16/h8-9,14H,2-7H2,1H3,(H,12,17)(H,15,16)/t9-/m0/s1. The Kier molecular flexibility index (Phi) is 5.87. The number of aliphatic hydroxyl groups is 1. The number of aliphatic carboxylic acids is 1. The molecule has 0 radical (unpaired) electrons. The van der Waals surface area contributed by atoms with Crippen LogP contribution in [0.5, 0.6) is 0 Å². The highest BCUT2D eigenvalue weighted by Crippen LogP contribution is 2.17. The maximum absolute atomic E-state index is 11.7. The molecule has 1 rings (SSSR count).